The lowest BCUT2D eigenvalue weighted by atomic mass is 10.1. The number of carbonyl (C=O) groups excluding carboxylic acids is 1. The van der Waals surface area contributed by atoms with Gasteiger partial charge in [0.2, 0.25) is 5.95 Å². The fourth-order valence-corrected chi connectivity index (χ4v) is 4.34. The van der Waals surface area contributed by atoms with Crippen LogP contribution in [0, 0.1) is 0 Å². The molecule has 166 valence electrons. The van der Waals surface area contributed by atoms with E-state index in [1.165, 1.54) is 36.7 Å². The number of aromatic nitrogens is 4. The highest BCUT2D eigenvalue weighted by atomic mass is 32.2. The Morgan fingerprint density at radius 2 is 1.82 bits per heavy atom. The predicted octanol–water partition coefficient (Wildman–Crippen LogP) is 2.85. The van der Waals surface area contributed by atoms with Crippen LogP contribution in [-0.2, 0) is 16.4 Å². The molecule has 0 radical (unpaired) electrons. The van der Waals surface area contributed by atoms with Gasteiger partial charge in [0.05, 0.1) is 17.2 Å². The molecule has 0 saturated heterocycles. The van der Waals surface area contributed by atoms with Crippen molar-refractivity contribution in [1.29, 1.82) is 0 Å². The van der Waals surface area contributed by atoms with E-state index in [1.54, 1.807) is 12.1 Å². The average Bonchev–Trinajstić information content (AvgIpc) is 3.49. The van der Waals surface area contributed by atoms with E-state index in [0.717, 1.165) is 23.3 Å². The zero-order chi connectivity index (χ0) is 22.8. The summed E-state index contributed by atoms with van der Waals surface area (Å²) in [6.45, 7) is 0.670. The Bertz CT molecular complexity index is 1420. The molecule has 3 N–H and O–H groups in total. The Balaban J connectivity index is 1.27. The van der Waals surface area contributed by atoms with Gasteiger partial charge < -0.3 is 10.1 Å². The van der Waals surface area contributed by atoms with Gasteiger partial charge in [-0.05, 0) is 60.2 Å². The van der Waals surface area contributed by atoms with Gasteiger partial charge in [0, 0.05) is 30.1 Å². The van der Waals surface area contributed by atoms with Crippen LogP contribution in [0.5, 0.6) is 5.75 Å². The second kappa shape index (κ2) is 8.36. The van der Waals surface area contributed by atoms with Crippen molar-refractivity contribution in [2.24, 2.45) is 0 Å². The molecule has 0 atom stereocenters. The first-order valence-corrected chi connectivity index (χ1v) is 11.5. The molecule has 0 saturated carbocycles. The van der Waals surface area contributed by atoms with Gasteiger partial charge in [-0.15, -0.1) is 0 Å². The Morgan fingerprint density at radius 1 is 1.03 bits per heavy atom. The van der Waals surface area contributed by atoms with Crippen LogP contribution in [-0.4, -0.2) is 41.1 Å². The van der Waals surface area contributed by atoms with Crippen LogP contribution in [0.4, 0.5) is 11.6 Å². The lowest BCUT2D eigenvalue weighted by Gasteiger charge is -2.08. The van der Waals surface area contributed by atoms with Crippen LogP contribution in [0.15, 0.2) is 71.9 Å². The van der Waals surface area contributed by atoms with Crippen LogP contribution in [0.3, 0.4) is 0 Å². The molecule has 5 rings (SSSR count). The topological polar surface area (TPSA) is 139 Å². The Morgan fingerprint density at radius 3 is 2.61 bits per heavy atom. The third-order valence-corrected chi connectivity index (χ3v) is 6.37. The average molecular weight is 462 g/mol. The highest BCUT2D eigenvalue weighted by Crippen LogP contribution is 2.30. The summed E-state index contributed by atoms with van der Waals surface area (Å²) in [5.74, 6) is 0.453. The van der Waals surface area contributed by atoms with Crippen molar-refractivity contribution >= 4 is 27.6 Å². The molecule has 3 heterocycles. The third-order valence-electron chi connectivity index (χ3n) is 5.02. The summed E-state index contributed by atoms with van der Waals surface area (Å²) >= 11 is 0. The van der Waals surface area contributed by atoms with Gasteiger partial charge in [0.1, 0.15) is 11.4 Å². The maximum Gasteiger partial charge on any atom is 0.273 e. The molecule has 0 spiro atoms. The van der Waals surface area contributed by atoms with E-state index < -0.39 is 15.9 Å². The molecule has 1 aliphatic heterocycles. The molecule has 2 aromatic carbocycles. The fraction of sp³-hybridized carbons (Fsp3) is 0.0909. The summed E-state index contributed by atoms with van der Waals surface area (Å²) in [4.78, 5) is 20.3. The smallest absolute Gasteiger partial charge is 0.273 e. The van der Waals surface area contributed by atoms with Crippen molar-refractivity contribution in [3.8, 4) is 17.0 Å². The number of hydrogen-bond acceptors (Lipinski definition) is 7. The number of benzene rings is 2. The molecule has 2 aromatic heterocycles. The molecule has 0 bridgehead atoms. The Hall–Kier alpha value is -4.25. The van der Waals surface area contributed by atoms with Crippen LogP contribution >= 0.6 is 0 Å². The van der Waals surface area contributed by atoms with Gasteiger partial charge in [0.15, 0.2) is 0 Å². The first-order valence-electron chi connectivity index (χ1n) is 10.0. The number of aromatic amines is 1. The first-order chi connectivity index (χ1) is 16.0. The zero-order valence-corrected chi connectivity index (χ0v) is 18.0. The molecule has 0 aliphatic carbocycles. The molecule has 11 heteroatoms. The van der Waals surface area contributed by atoms with Crippen LogP contribution in [0.2, 0.25) is 0 Å². The number of carbonyl (C=O) groups is 1. The summed E-state index contributed by atoms with van der Waals surface area (Å²) < 4.78 is 32.7. The van der Waals surface area contributed by atoms with Gasteiger partial charge in [0.25, 0.3) is 15.9 Å². The minimum Gasteiger partial charge on any atom is -0.493 e. The second-order valence-electron chi connectivity index (χ2n) is 7.24. The summed E-state index contributed by atoms with van der Waals surface area (Å²) in [7, 11) is -3.86. The van der Waals surface area contributed by atoms with Crippen molar-refractivity contribution < 1.29 is 17.9 Å². The maximum absolute atomic E-state index is 12.6. The molecular weight excluding hydrogens is 444 g/mol. The lowest BCUT2D eigenvalue weighted by Crippen LogP contribution is -2.15. The van der Waals surface area contributed by atoms with E-state index >= 15 is 0 Å². The first kappa shape index (κ1) is 20.6. The van der Waals surface area contributed by atoms with E-state index in [1.807, 2.05) is 18.2 Å². The predicted molar refractivity (Wildman–Crippen MR) is 120 cm³/mol. The maximum atomic E-state index is 12.6. The Kier molecular flexibility index (Phi) is 5.23. The highest BCUT2D eigenvalue weighted by Gasteiger charge is 2.17. The van der Waals surface area contributed by atoms with Gasteiger partial charge >= 0.3 is 0 Å². The standard InChI is InChI=1S/C22H18N6O4S/c29-21(19-13-18(26-27-19)14-2-7-20-15(12-14)8-11-32-20)25-16-3-5-17(6-4-16)33(30,31)28-22-23-9-1-10-24-22/h1-7,9-10,12-13H,8,11H2,(H,25,29)(H,26,27)(H,23,24,28). The lowest BCUT2D eigenvalue weighted by molar-refractivity contribution is 0.102. The number of H-pyrrole nitrogens is 1. The van der Waals surface area contributed by atoms with Crippen molar-refractivity contribution in [3.05, 3.63) is 78.2 Å². The minimum absolute atomic E-state index is 0.0115. The van der Waals surface area contributed by atoms with Crippen molar-refractivity contribution in [2.75, 3.05) is 16.6 Å². The van der Waals surface area contributed by atoms with Gasteiger partial charge in [-0.1, -0.05) is 0 Å². The van der Waals surface area contributed by atoms with Crippen molar-refractivity contribution in [1.82, 2.24) is 20.2 Å². The van der Waals surface area contributed by atoms with Crippen LogP contribution in [0.1, 0.15) is 16.1 Å². The molecule has 4 aromatic rings. The summed E-state index contributed by atoms with van der Waals surface area (Å²) in [6, 6.07) is 14.8. The number of rotatable bonds is 6. The van der Waals surface area contributed by atoms with Crippen LogP contribution < -0.4 is 14.8 Å². The number of fused-ring (bicyclic) bond motifs is 1. The Labute approximate surface area is 189 Å². The van der Waals surface area contributed by atoms with Crippen LogP contribution in [0.25, 0.3) is 11.3 Å². The number of nitrogens with zero attached hydrogens (tertiary/aromatic N) is 3. The fourth-order valence-electron chi connectivity index (χ4n) is 3.38. The number of amides is 1. The molecule has 33 heavy (non-hydrogen) atoms. The summed E-state index contributed by atoms with van der Waals surface area (Å²) in [5, 5.41) is 9.70. The molecule has 0 fully saturated rings. The minimum atomic E-state index is -3.86. The number of ether oxygens (including phenoxy) is 1. The van der Waals surface area contributed by atoms with E-state index in [4.69, 9.17) is 4.74 Å². The van der Waals surface area contributed by atoms with Gasteiger partial charge in [-0.25, -0.2) is 23.1 Å². The number of sulfonamides is 1. The van der Waals surface area contributed by atoms with Crippen molar-refractivity contribution in [2.45, 2.75) is 11.3 Å². The number of hydrogen-bond donors (Lipinski definition) is 3. The normalized spacial score (nSPS) is 12.6. The van der Waals surface area contributed by atoms with E-state index in [-0.39, 0.29) is 16.5 Å². The van der Waals surface area contributed by atoms with Gasteiger partial charge in [-0.3, -0.25) is 9.89 Å². The molecule has 0 unspecified atom stereocenters. The summed E-state index contributed by atoms with van der Waals surface area (Å²) in [5.41, 5.74) is 3.36. The largest absolute Gasteiger partial charge is 0.493 e. The highest BCUT2D eigenvalue weighted by molar-refractivity contribution is 7.92. The monoisotopic (exact) mass is 462 g/mol. The number of anilines is 2. The molecule has 10 nitrogen and oxygen atoms in total. The van der Waals surface area contributed by atoms with Crippen molar-refractivity contribution in [3.63, 3.8) is 0 Å². The van der Waals surface area contributed by atoms with Gasteiger partial charge in [-0.2, -0.15) is 5.10 Å². The number of nitrogens with one attached hydrogen (secondary N) is 3. The van der Waals surface area contributed by atoms with E-state index in [2.05, 4.69) is 30.2 Å². The molecule has 1 amide bonds. The molecule has 1 aliphatic rings. The SMILES string of the molecule is O=C(Nc1ccc(S(=O)(=O)Nc2ncccn2)cc1)c1cc(-c2ccc3c(c2)CCO3)n[nH]1. The third kappa shape index (κ3) is 4.39. The molecular formula is C22H18N6O4S. The quantitative estimate of drug-likeness (QED) is 0.400. The second-order valence-corrected chi connectivity index (χ2v) is 8.93. The summed E-state index contributed by atoms with van der Waals surface area (Å²) in [6.07, 6.45) is 3.72. The van der Waals surface area contributed by atoms with E-state index in [0.29, 0.717) is 18.0 Å². The zero-order valence-electron chi connectivity index (χ0n) is 17.1. The van der Waals surface area contributed by atoms with E-state index in [9.17, 15) is 13.2 Å².